The number of aryl methyl sites for hydroxylation is 1. The Morgan fingerprint density at radius 1 is 1.11 bits per heavy atom. The Balaban J connectivity index is 1.21. The molecule has 0 radical (unpaired) electrons. The minimum Gasteiger partial charge on any atom is -0.491 e. The van der Waals surface area contributed by atoms with Crippen LogP contribution < -0.4 is 14.2 Å². The van der Waals surface area contributed by atoms with E-state index in [1.807, 2.05) is 36.1 Å². The molecule has 3 aliphatic rings. The van der Waals surface area contributed by atoms with Crippen LogP contribution in [0.2, 0.25) is 0 Å². The minimum atomic E-state index is -0.189. The summed E-state index contributed by atoms with van der Waals surface area (Å²) in [5, 5.41) is 2.09. The van der Waals surface area contributed by atoms with Gasteiger partial charge in [-0.2, -0.15) is 0 Å². The van der Waals surface area contributed by atoms with E-state index in [-0.39, 0.29) is 31.2 Å². The lowest BCUT2D eigenvalue weighted by molar-refractivity contribution is -0.135. The van der Waals surface area contributed by atoms with Crippen molar-refractivity contribution in [2.45, 2.75) is 32.2 Å². The highest BCUT2D eigenvalue weighted by molar-refractivity contribution is 7.10. The van der Waals surface area contributed by atoms with Crippen LogP contribution in [0.15, 0.2) is 53.9 Å². The summed E-state index contributed by atoms with van der Waals surface area (Å²) >= 11 is 1.73. The minimum absolute atomic E-state index is 0.0457. The molecule has 3 aromatic rings. The Kier molecular flexibility index (Phi) is 6.50. The fourth-order valence-electron chi connectivity index (χ4n) is 5.06. The molecule has 8 heteroatoms. The monoisotopic (exact) mass is 518 g/mol. The van der Waals surface area contributed by atoms with Crippen molar-refractivity contribution in [3.8, 4) is 17.2 Å². The highest BCUT2D eigenvalue weighted by atomic mass is 32.1. The standard InChI is InChI=1S/C29H30N2O5S/c1-19-4-2-3-5-24(19)34-17-23-22-11-13-37-27(22)10-12-31(23)28(32)16-30(15-20-6-7-20)29(33)21-8-9-25-26(14-21)36-18-35-25/h2-5,8-9,11,13-14,20,23H,6-7,10,12,15-18H2,1H3/t23-/m0/s1. The van der Waals surface area contributed by atoms with Crippen molar-refractivity contribution in [1.82, 2.24) is 9.80 Å². The van der Waals surface area contributed by atoms with Gasteiger partial charge in [0.25, 0.3) is 5.91 Å². The molecule has 0 spiro atoms. The smallest absolute Gasteiger partial charge is 0.254 e. The third-order valence-electron chi connectivity index (χ3n) is 7.31. The normalized spacial score (nSPS) is 17.9. The van der Waals surface area contributed by atoms with Gasteiger partial charge < -0.3 is 24.0 Å². The number of hydrogen-bond donors (Lipinski definition) is 0. The number of benzene rings is 2. The Morgan fingerprint density at radius 2 is 1.95 bits per heavy atom. The Hall–Kier alpha value is -3.52. The van der Waals surface area contributed by atoms with Gasteiger partial charge in [-0.3, -0.25) is 9.59 Å². The quantitative estimate of drug-likeness (QED) is 0.427. The van der Waals surface area contributed by atoms with Gasteiger partial charge in [-0.25, -0.2) is 0 Å². The molecule has 6 rings (SSSR count). The van der Waals surface area contributed by atoms with Crippen LogP contribution in [0, 0.1) is 12.8 Å². The first-order chi connectivity index (χ1) is 18.1. The van der Waals surface area contributed by atoms with Crippen LogP contribution in [-0.2, 0) is 11.2 Å². The zero-order chi connectivity index (χ0) is 25.4. The molecular formula is C29H30N2O5S. The summed E-state index contributed by atoms with van der Waals surface area (Å²) in [6.45, 7) is 3.79. The van der Waals surface area contributed by atoms with Crippen LogP contribution in [0.5, 0.6) is 17.2 Å². The predicted octanol–water partition coefficient (Wildman–Crippen LogP) is 4.84. The van der Waals surface area contributed by atoms with E-state index < -0.39 is 0 Å². The van der Waals surface area contributed by atoms with E-state index in [0.717, 1.165) is 36.1 Å². The molecule has 1 saturated carbocycles. The summed E-state index contributed by atoms with van der Waals surface area (Å²) in [7, 11) is 0. The lowest BCUT2D eigenvalue weighted by Crippen LogP contribution is -2.48. The maximum atomic E-state index is 13.8. The molecule has 1 atom stereocenters. The van der Waals surface area contributed by atoms with Gasteiger partial charge in [0.05, 0.1) is 6.04 Å². The third kappa shape index (κ3) is 5.03. The van der Waals surface area contributed by atoms with Gasteiger partial charge in [0.1, 0.15) is 18.9 Å². The summed E-state index contributed by atoms with van der Waals surface area (Å²) in [5.41, 5.74) is 2.72. The number of thiophene rings is 1. The number of hydrogen-bond acceptors (Lipinski definition) is 6. The highest BCUT2D eigenvalue weighted by Gasteiger charge is 2.35. The molecule has 0 N–H and O–H groups in total. The van der Waals surface area contributed by atoms with Crippen molar-refractivity contribution < 1.29 is 23.8 Å². The van der Waals surface area contributed by atoms with Crippen molar-refractivity contribution >= 4 is 23.2 Å². The highest BCUT2D eigenvalue weighted by Crippen LogP contribution is 2.36. The van der Waals surface area contributed by atoms with E-state index in [9.17, 15) is 9.59 Å². The third-order valence-corrected chi connectivity index (χ3v) is 8.31. The Morgan fingerprint density at radius 3 is 2.78 bits per heavy atom. The van der Waals surface area contributed by atoms with Crippen LogP contribution in [-0.4, -0.2) is 54.6 Å². The number of rotatable bonds is 8. The van der Waals surface area contributed by atoms with Crippen molar-refractivity contribution in [3.63, 3.8) is 0 Å². The number of fused-ring (bicyclic) bond motifs is 2. The van der Waals surface area contributed by atoms with E-state index in [2.05, 4.69) is 11.4 Å². The molecule has 192 valence electrons. The largest absolute Gasteiger partial charge is 0.491 e. The number of carbonyl (C=O) groups is 2. The molecule has 1 aliphatic carbocycles. The van der Waals surface area contributed by atoms with Crippen molar-refractivity contribution in [3.05, 3.63) is 75.5 Å². The van der Waals surface area contributed by atoms with Gasteiger partial charge in [0, 0.05) is 23.5 Å². The van der Waals surface area contributed by atoms with Crippen LogP contribution in [0.1, 0.15) is 45.2 Å². The van der Waals surface area contributed by atoms with Crippen molar-refractivity contribution in [1.29, 1.82) is 0 Å². The van der Waals surface area contributed by atoms with Gasteiger partial charge in [0.2, 0.25) is 12.7 Å². The molecule has 0 saturated heterocycles. The molecule has 0 bridgehead atoms. The van der Waals surface area contributed by atoms with Gasteiger partial charge in [-0.15, -0.1) is 11.3 Å². The van der Waals surface area contributed by atoms with Crippen molar-refractivity contribution in [2.24, 2.45) is 5.92 Å². The van der Waals surface area contributed by atoms with Gasteiger partial charge in [-0.05, 0) is 78.9 Å². The number of para-hydroxylation sites is 1. The number of nitrogens with zero attached hydrogens (tertiary/aromatic N) is 2. The molecule has 7 nitrogen and oxygen atoms in total. The molecule has 2 amide bonds. The van der Waals surface area contributed by atoms with Crippen LogP contribution in [0.3, 0.4) is 0 Å². The summed E-state index contributed by atoms with van der Waals surface area (Å²) in [6, 6.07) is 15.1. The van der Waals surface area contributed by atoms with Crippen LogP contribution in [0.25, 0.3) is 0 Å². The summed E-state index contributed by atoms with van der Waals surface area (Å²) in [4.78, 5) is 32.2. The molecule has 1 aromatic heterocycles. The zero-order valence-corrected chi connectivity index (χ0v) is 21.7. The average Bonchev–Trinajstić information content (AvgIpc) is 3.38. The second kappa shape index (κ2) is 10.1. The number of carbonyl (C=O) groups excluding carboxylic acids is 2. The van der Waals surface area contributed by atoms with Crippen LogP contribution >= 0.6 is 11.3 Å². The van der Waals surface area contributed by atoms with Crippen molar-refractivity contribution in [2.75, 3.05) is 33.0 Å². The SMILES string of the molecule is Cc1ccccc1OC[C@H]1c2ccsc2CCN1C(=O)CN(CC1CC1)C(=O)c1ccc2c(c1)OCO2. The molecule has 2 aromatic carbocycles. The molecule has 2 aliphatic heterocycles. The van der Waals surface area contributed by atoms with E-state index in [4.69, 9.17) is 14.2 Å². The Bertz CT molecular complexity index is 1320. The topological polar surface area (TPSA) is 68.3 Å². The molecule has 3 heterocycles. The van der Waals surface area contributed by atoms with E-state index >= 15 is 0 Å². The second-order valence-corrected chi connectivity index (χ2v) is 10.9. The number of ether oxygens (including phenoxy) is 3. The van der Waals surface area contributed by atoms with Gasteiger partial charge in [0.15, 0.2) is 11.5 Å². The maximum Gasteiger partial charge on any atom is 0.254 e. The van der Waals surface area contributed by atoms with E-state index in [0.29, 0.717) is 42.7 Å². The summed E-state index contributed by atoms with van der Waals surface area (Å²) < 4.78 is 17.1. The summed E-state index contributed by atoms with van der Waals surface area (Å²) in [6.07, 6.45) is 3.00. The first kappa shape index (κ1) is 23.9. The summed E-state index contributed by atoms with van der Waals surface area (Å²) in [5.74, 6) is 2.28. The molecule has 0 unspecified atom stereocenters. The fraction of sp³-hybridized carbons (Fsp3) is 0.379. The zero-order valence-electron chi connectivity index (χ0n) is 20.9. The predicted molar refractivity (Wildman–Crippen MR) is 140 cm³/mol. The van der Waals surface area contributed by atoms with Gasteiger partial charge >= 0.3 is 0 Å². The first-order valence-corrected chi connectivity index (χ1v) is 13.7. The lowest BCUT2D eigenvalue weighted by atomic mass is 10.00. The van der Waals surface area contributed by atoms with Gasteiger partial charge in [-0.1, -0.05) is 18.2 Å². The number of amides is 2. The Labute approximate surface area is 220 Å². The maximum absolute atomic E-state index is 13.8. The van der Waals surface area contributed by atoms with E-state index in [1.165, 1.54) is 4.88 Å². The molecule has 1 fully saturated rings. The lowest BCUT2D eigenvalue weighted by Gasteiger charge is -2.37. The average molecular weight is 519 g/mol. The molecular weight excluding hydrogens is 488 g/mol. The fourth-order valence-corrected chi connectivity index (χ4v) is 5.99. The first-order valence-electron chi connectivity index (χ1n) is 12.8. The second-order valence-electron chi connectivity index (χ2n) is 9.93. The van der Waals surface area contributed by atoms with E-state index in [1.54, 1.807) is 34.4 Å². The van der Waals surface area contributed by atoms with Crippen LogP contribution in [0.4, 0.5) is 0 Å². The molecule has 37 heavy (non-hydrogen) atoms.